The van der Waals surface area contributed by atoms with Crippen molar-refractivity contribution in [1.82, 2.24) is 10.2 Å². The maximum atomic E-state index is 3.65. The van der Waals surface area contributed by atoms with E-state index >= 15 is 0 Å². The van der Waals surface area contributed by atoms with Crippen molar-refractivity contribution in [2.24, 2.45) is 0 Å². The summed E-state index contributed by atoms with van der Waals surface area (Å²) in [7, 11) is 0. The number of likely N-dealkylation sites (N-methyl/N-ethyl adjacent to an activating group) is 1. The molecule has 94 valence electrons. The zero-order valence-corrected chi connectivity index (χ0v) is 11.3. The molecule has 0 fully saturated rings. The van der Waals surface area contributed by atoms with Gasteiger partial charge in [-0.15, -0.1) is 0 Å². The molecule has 0 aromatic heterocycles. The van der Waals surface area contributed by atoms with E-state index in [1.165, 1.54) is 17.5 Å². The van der Waals surface area contributed by atoms with Gasteiger partial charge >= 0.3 is 0 Å². The summed E-state index contributed by atoms with van der Waals surface area (Å²) in [5, 5.41) is 3.65. The molecule has 1 N–H and O–H groups in total. The van der Waals surface area contributed by atoms with Crippen molar-refractivity contribution in [3.8, 4) is 0 Å². The van der Waals surface area contributed by atoms with Crippen molar-refractivity contribution in [2.75, 3.05) is 26.2 Å². The summed E-state index contributed by atoms with van der Waals surface area (Å²) in [6, 6.07) is 7.41. The van der Waals surface area contributed by atoms with E-state index in [1.807, 2.05) is 0 Å². The van der Waals surface area contributed by atoms with E-state index in [-0.39, 0.29) is 0 Å². The predicted octanol–water partition coefficient (Wildman–Crippen LogP) is 2.52. The fourth-order valence-corrected chi connectivity index (χ4v) is 2.68. The van der Waals surface area contributed by atoms with Crippen molar-refractivity contribution in [1.29, 1.82) is 0 Å². The summed E-state index contributed by atoms with van der Waals surface area (Å²) in [5.41, 5.74) is 4.43. The highest BCUT2D eigenvalue weighted by Crippen LogP contribution is 2.24. The molecule has 1 aromatic rings. The number of nitrogens with one attached hydrogen (secondary N) is 1. The molecule has 2 nitrogen and oxygen atoms in total. The van der Waals surface area contributed by atoms with Gasteiger partial charge in [0.1, 0.15) is 0 Å². The highest BCUT2D eigenvalue weighted by molar-refractivity contribution is 5.36. The molecule has 1 heterocycles. The number of hydrogen-bond donors (Lipinski definition) is 1. The molecular formula is C15H24N2. The van der Waals surface area contributed by atoms with Crippen molar-refractivity contribution in [3.05, 3.63) is 34.9 Å². The lowest BCUT2D eigenvalue weighted by atomic mass is 9.92. The molecule has 0 radical (unpaired) electrons. The Morgan fingerprint density at radius 1 is 1.29 bits per heavy atom. The second kappa shape index (κ2) is 5.65. The van der Waals surface area contributed by atoms with Crippen molar-refractivity contribution in [3.63, 3.8) is 0 Å². The highest BCUT2D eigenvalue weighted by Gasteiger charge is 2.20. The normalized spacial score (nSPS) is 19.4. The lowest BCUT2D eigenvalue weighted by Crippen LogP contribution is -2.39. The van der Waals surface area contributed by atoms with Crippen LogP contribution in [0.2, 0.25) is 0 Å². The number of aryl methyl sites for hydroxylation is 1. The lowest BCUT2D eigenvalue weighted by molar-refractivity contribution is 0.261. The zero-order valence-electron chi connectivity index (χ0n) is 11.3. The SMILES string of the molecule is CCN(CC)CC1NCCc2cc(C)ccc21. The van der Waals surface area contributed by atoms with Gasteiger partial charge in [0.15, 0.2) is 0 Å². The summed E-state index contributed by atoms with van der Waals surface area (Å²) < 4.78 is 0. The maximum Gasteiger partial charge on any atom is 0.0452 e. The molecule has 0 amide bonds. The van der Waals surface area contributed by atoms with Gasteiger partial charge in [0.2, 0.25) is 0 Å². The van der Waals surface area contributed by atoms with E-state index in [1.54, 1.807) is 5.56 Å². The molecule has 0 saturated heterocycles. The average molecular weight is 232 g/mol. The molecule has 0 aliphatic carbocycles. The Labute approximate surface area is 105 Å². The molecule has 0 bridgehead atoms. The minimum atomic E-state index is 0.513. The van der Waals surface area contributed by atoms with Gasteiger partial charge in [0.25, 0.3) is 0 Å². The van der Waals surface area contributed by atoms with Crippen LogP contribution in [0, 0.1) is 6.92 Å². The van der Waals surface area contributed by atoms with Crippen LogP contribution in [-0.4, -0.2) is 31.1 Å². The summed E-state index contributed by atoms with van der Waals surface area (Å²) in [6.45, 7) is 11.2. The van der Waals surface area contributed by atoms with Crippen LogP contribution in [0.5, 0.6) is 0 Å². The van der Waals surface area contributed by atoms with Gasteiger partial charge in [-0.2, -0.15) is 0 Å². The van der Waals surface area contributed by atoms with Crippen LogP contribution in [0.1, 0.15) is 36.6 Å². The molecule has 1 unspecified atom stereocenters. The lowest BCUT2D eigenvalue weighted by Gasteiger charge is -2.31. The molecule has 1 atom stereocenters. The first-order valence-electron chi connectivity index (χ1n) is 6.79. The summed E-state index contributed by atoms with van der Waals surface area (Å²) >= 11 is 0. The van der Waals surface area contributed by atoms with Crippen LogP contribution in [0.25, 0.3) is 0 Å². The smallest absolute Gasteiger partial charge is 0.0452 e. The molecule has 1 aliphatic rings. The summed E-state index contributed by atoms with van der Waals surface area (Å²) in [6.07, 6.45) is 1.17. The fraction of sp³-hybridized carbons (Fsp3) is 0.600. The Hall–Kier alpha value is -0.860. The van der Waals surface area contributed by atoms with Crippen molar-refractivity contribution in [2.45, 2.75) is 33.2 Å². The largest absolute Gasteiger partial charge is 0.309 e. The molecule has 2 rings (SSSR count). The number of benzene rings is 1. The van der Waals surface area contributed by atoms with E-state index in [0.29, 0.717) is 6.04 Å². The summed E-state index contributed by atoms with van der Waals surface area (Å²) in [4.78, 5) is 2.49. The van der Waals surface area contributed by atoms with Crippen LogP contribution in [0.3, 0.4) is 0 Å². The fourth-order valence-electron chi connectivity index (χ4n) is 2.68. The number of fused-ring (bicyclic) bond motifs is 1. The Morgan fingerprint density at radius 3 is 2.76 bits per heavy atom. The molecule has 1 aromatic carbocycles. The van der Waals surface area contributed by atoms with Crippen molar-refractivity contribution >= 4 is 0 Å². The van der Waals surface area contributed by atoms with Gasteiger partial charge in [0.05, 0.1) is 0 Å². The van der Waals surface area contributed by atoms with Gasteiger partial charge in [-0.25, -0.2) is 0 Å². The summed E-state index contributed by atoms with van der Waals surface area (Å²) in [5.74, 6) is 0. The van der Waals surface area contributed by atoms with Gasteiger partial charge in [0, 0.05) is 12.6 Å². The molecular weight excluding hydrogens is 208 g/mol. The Bertz CT molecular complexity index is 369. The first kappa shape index (κ1) is 12.6. The van der Waals surface area contributed by atoms with Gasteiger partial charge in [-0.05, 0) is 44.1 Å². The van der Waals surface area contributed by atoms with Crippen LogP contribution in [0.15, 0.2) is 18.2 Å². The second-order valence-electron chi connectivity index (χ2n) is 4.94. The standard InChI is InChI=1S/C15H24N2/c1-4-17(5-2)11-15-14-7-6-12(3)10-13(14)8-9-16-15/h6-7,10,15-16H,4-5,8-9,11H2,1-3H3. The van der Waals surface area contributed by atoms with Crippen molar-refractivity contribution < 1.29 is 0 Å². The Morgan fingerprint density at radius 2 is 2.06 bits per heavy atom. The van der Waals surface area contributed by atoms with E-state index in [9.17, 15) is 0 Å². The Balaban J connectivity index is 2.16. The van der Waals surface area contributed by atoms with Crippen LogP contribution in [0.4, 0.5) is 0 Å². The van der Waals surface area contributed by atoms with Gasteiger partial charge in [-0.1, -0.05) is 37.6 Å². The second-order valence-corrected chi connectivity index (χ2v) is 4.94. The van der Waals surface area contributed by atoms with Gasteiger partial charge in [-0.3, -0.25) is 0 Å². The van der Waals surface area contributed by atoms with E-state index < -0.39 is 0 Å². The third kappa shape index (κ3) is 2.88. The van der Waals surface area contributed by atoms with E-state index in [4.69, 9.17) is 0 Å². The maximum absolute atomic E-state index is 3.65. The number of nitrogens with zero attached hydrogens (tertiary/aromatic N) is 1. The van der Waals surface area contributed by atoms with Crippen LogP contribution >= 0.6 is 0 Å². The highest BCUT2D eigenvalue weighted by atomic mass is 15.1. The average Bonchev–Trinajstić information content (AvgIpc) is 2.35. The first-order valence-corrected chi connectivity index (χ1v) is 6.79. The molecule has 17 heavy (non-hydrogen) atoms. The third-order valence-electron chi connectivity index (χ3n) is 3.79. The topological polar surface area (TPSA) is 15.3 Å². The first-order chi connectivity index (χ1) is 8.24. The molecule has 2 heteroatoms. The minimum absolute atomic E-state index is 0.513. The molecule has 0 spiro atoms. The predicted molar refractivity (Wildman–Crippen MR) is 73.4 cm³/mol. The molecule has 0 saturated carbocycles. The van der Waals surface area contributed by atoms with E-state index in [0.717, 1.165) is 26.2 Å². The Kier molecular flexibility index (Phi) is 4.19. The van der Waals surface area contributed by atoms with Crippen LogP contribution in [-0.2, 0) is 6.42 Å². The third-order valence-corrected chi connectivity index (χ3v) is 3.79. The zero-order chi connectivity index (χ0) is 12.3. The van der Waals surface area contributed by atoms with Gasteiger partial charge < -0.3 is 10.2 Å². The van der Waals surface area contributed by atoms with E-state index in [2.05, 4.69) is 49.2 Å². The minimum Gasteiger partial charge on any atom is -0.309 e. The van der Waals surface area contributed by atoms with Crippen LogP contribution < -0.4 is 5.32 Å². The molecule has 1 aliphatic heterocycles. The number of rotatable bonds is 4. The number of hydrogen-bond acceptors (Lipinski definition) is 2. The quantitative estimate of drug-likeness (QED) is 0.858. The monoisotopic (exact) mass is 232 g/mol.